The van der Waals surface area contributed by atoms with Gasteiger partial charge in [0.1, 0.15) is 5.75 Å². The Balaban J connectivity index is 1.61. The van der Waals surface area contributed by atoms with Crippen LogP contribution in [-0.2, 0) is 25.7 Å². The summed E-state index contributed by atoms with van der Waals surface area (Å²) in [4.78, 5) is 22.2. The molecule has 5 heteroatoms. The van der Waals surface area contributed by atoms with E-state index in [0.717, 1.165) is 33.5 Å². The van der Waals surface area contributed by atoms with E-state index in [-0.39, 0.29) is 19.2 Å². The summed E-state index contributed by atoms with van der Waals surface area (Å²) in [6.45, 7) is 6.94. The first-order valence-corrected chi connectivity index (χ1v) is 9.87. The molecule has 3 aromatic carbocycles. The number of benzene rings is 3. The maximum Gasteiger partial charge on any atom is 0.332 e. The van der Waals surface area contributed by atoms with Gasteiger partial charge in [0.15, 0.2) is 19.2 Å². The number of carbonyl (C=O) groups is 2. The molecule has 0 atom stereocenters. The molecule has 32 heavy (non-hydrogen) atoms. The van der Waals surface area contributed by atoms with Gasteiger partial charge < -0.3 is 14.2 Å². The summed E-state index contributed by atoms with van der Waals surface area (Å²) in [6, 6.07) is 19.2. The minimum atomic E-state index is -0.513. The first-order valence-electron chi connectivity index (χ1n) is 9.87. The smallest absolute Gasteiger partial charge is 0.332 e. The van der Waals surface area contributed by atoms with Crippen molar-refractivity contribution in [1.82, 2.24) is 0 Å². The highest BCUT2D eigenvalue weighted by Gasteiger charge is 2.01. The molecular weight excluding hydrogens is 404 g/mol. The predicted octanol–water partition coefficient (Wildman–Crippen LogP) is 4.58. The van der Waals surface area contributed by atoms with Crippen LogP contribution >= 0.6 is 0 Å². The normalized spacial score (nSPS) is 10.0. The van der Waals surface area contributed by atoms with E-state index >= 15 is 0 Å². The average Bonchev–Trinajstić information content (AvgIpc) is 2.84. The summed E-state index contributed by atoms with van der Waals surface area (Å²) in [5.41, 5.74) is 2.72. The second kappa shape index (κ2) is 11.3. The van der Waals surface area contributed by atoms with Crippen molar-refractivity contribution < 1.29 is 23.8 Å². The van der Waals surface area contributed by atoms with Crippen LogP contribution < -0.4 is 4.74 Å². The maximum absolute atomic E-state index is 11.2. The summed E-state index contributed by atoms with van der Waals surface area (Å²) in [7, 11) is 0. The first kappa shape index (κ1) is 22.5. The molecule has 0 fully saturated rings. The fourth-order valence-corrected chi connectivity index (χ4v) is 2.77. The van der Waals surface area contributed by atoms with Crippen LogP contribution in [0.3, 0.4) is 0 Å². The van der Waals surface area contributed by atoms with Gasteiger partial charge in [0, 0.05) is 17.2 Å². The van der Waals surface area contributed by atoms with E-state index in [1.807, 2.05) is 48.5 Å². The van der Waals surface area contributed by atoms with Crippen molar-refractivity contribution in [3.05, 3.63) is 103 Å². The van der Waals surface area contributed by atoms with Crippen LogP contribution in [-0.4, -0.2) is 25.2 Å². The van der Waals surface area contributed by atoms with Crippen molar-refractivity contribution in [2.75, 3.05) is 13.4 Å². The molecule has 0 aliphatic heterocycles. The Hall–Kier alpha value is -4.14. The van der Waals surface area contributed by atoms with E-state index in [9.17, 15) is 9.59 Å². The number of carbonyl (C=O) groups excluding carboxylic acids is 2. The third-order valence-corrected chi connectivity index (χ3v) is 4.44. The minimum Gasteiger partial charge on any atom is -0.485 e. The number of ketones is 1. The Bertz CT molecular complexity index is 1200. The van der Waals surface area contributed by atoms with Crippen molar-refractivity contribution in [1.29, 1.82) is 0 Å². The highest BCUT2D eigenvalue weighted by molar-refractivity contribution is 5.90. The van der Waals surface area contributed by atoms with Gasteiger partial charge in [0.05, 0.1) is 6.61 Å². The lowest BCUT2D eigenvalue weighted by molar-refractivity contribution is -0.151. The molecule has 0 saturated carbocycles. The Morgan fingerprint density at radius 3 is 2.28 bits per heavy atom. The van der Waals surface area contributed by atoms with Crippen LogP contribution in [0.1, 0.15) is 16.7 Å². The summed E-state index contributed by atoms with van der Waals surface area (Å²) < 4.78 is 15.5. The van der Waals surface area contributed by atoms with E-state index in [4.69, 9.17) is 14.2 Å². The number of esters is 1. The second-order valence-electron chi connectivity index (χ2n) is 6.76. The van der Waals surface area contributed by atoms with Gasteiger partial charge >= 0.3 is 5.97 Å². The van der Waals surface area contributed by atoms with E-state index in [2.05, 4.69) is 25.0 Å². The van der Waals surface area contributed by atoms with Crippen LogP contribution in [0.2, 0.25) is 0 Å². The lowest BCUT2D eigenvalue weighted by Crippen LogP contribution is -2.07. The van der Waals surface area contributed by atoms with E-state index in [1.165, 1.54) is 6.08 Å². The zero-order valence-corrected chi connectivity index (χ0v) is 17.5. The molecule has 0 saturated heterocycles. The fraction of sp³-hybridized carbons (Fsp3) is 0.111. The molecule has 0 aromatic heterocycles. The van der Waals surface area contributed by atoms with Crippen molar-refractivity contribution in [2.45, 2.75) is 6.61 Å². The van der Waals surface area contributed by atoms with Gasteiger partial charge in [0.2, 0.25) is 0 Å². The highest BCUT2D eigenvalue weighted by Crippen LogP contribution is 2.19. The number of hydrogen-bond donors (Lipinski definition) is 0. The number of hydrogen-bond acceptors (Lipinski definition) is 5. The third kappa shape index (κ3) is 6.69. The van der Waals surface area contributed by atoms with Crippen LogP contribution in [0.4, 0.5) is 0 Å². The van der Waals surface area contributed by atoms with Crippen LogP contribution in [0, 0.1) is 11.8 Å². The standard InChI is InChI=1S/C27H22O5/c1-3-25(28)18-31-26-13-9-20(10-14-26)5-6-21-7-11-24-16-22(8-12-23(24)15-21)17-30-19-32-27(29)4-2/h3-4,7-16H,1-2,17-19H2. The second-order valence-corrected chi connectivity index (χ2v) is 6.76. The Kier molecular flexibility index (Phi) is 7.96. The summed E-state index contributed by atoms with van der Waals surface area (Å²) in [6.07, 6.45) is 2.33. The van der Waals surface area contributed by atoms with Crippen LogP contribution in [0.5, 0.6) is 5.75 Å². The Morgan fingerprint density at radius 1 is 0.844 bits per heavy atom. The molecule has 0 spiro atoms. The van der Waals surface area contributed by atoms with Gasteiger partial charge in [-0.05, 0) is 64.9 Å². The maximum atomic E-state index is 11.2. The third-order valence-electron chi connectivity index (χ3n) is 4.44. The molecule has 5 nitrogen and oxygen atoms in total. The Labute approximate surface area is 186 Å². The minimum absolute atomic E-state index is 0.0256. The highest BCUT2D eigenvalue weighted by atomic mass is 16.7. The zero-order chi connectivity index (χ0) is 22.8. The van der Waals surface area contributed by atoms with E-state index in [0.29, 0.717) is 12.4 Å². The fourth-order valence-electron chi connectivity index (χ4n) is 2.77. The van der Waals surface area contributed by atoms with Crippen LogP contribution in [0.15, 0.2) is 86.0 Å². The predicted molar refractivity (Wildman–Crippen MR) is 123 cm³/mol. The molecule has 0 heterocycles. The number of rotatable bonds is 9. The average molecular weight is 426 g/mol. The first-order chi connectivity index (χ1) is 15.6. The monoisotopic (exact) mass is 426 g/mol. The molecule has 0 N–H and O–H groups in total. The molecule has 0 bridgehead atoms. The van der Waals surface area contributed by atoms with Gasteiger partial charge in [-0.1, -0.05) is 43.2 Å². The zero-order valence-electron chi connectivity index (χ0n) is 17.5. The van der Waals surface area contributed by atoms with Crippen molar-refractivity contribution in [2.24, 2.45) is 0 Å². The van der Waals surface area contributed by atoms with Gasteiger partial charge in [-0.15, -0.1) is 0 Å². The topological polar surface area (TPSA) is 61.8 Å². The van der Waals surface area contributed by atoms with E-state index < -0.39 is 5.97 Å². The molecule has 0 aliphatic carbocycles. The summed E-state index contributed by atoms with van der Waals surface area (Å²) in [5.74, 6) is 6.22. The molecular formula is C27H22O5. The molecule has 0 aliphatic rings. The van der Waals surface area contributed by atoms with Gasteiger partial charge in [0.25, 0.3) is 0 Å². The lowest BCUT2D eigenvalue weighted by Gasteiger charge is -2.06. The molecule has 3 aromatic rings. The summed E-state index contributed by atoms with van der Waals surface area (Å²) in [5, 5.41) is 2.13. The van der Waals surface area contributed by atoms with Gasteiger partial charge in [-0.25, -0.2) is 4.79 Å². The van der Waals surface area contributed by atoms with Crippen molar-refractivity contribution in [3.63, 3.8) is 0 Å². The molecule has 160 valence electrons. The molecule has 0 amide bonds. The van der Waals surface area contributed by atoms with Crippen LogP contribution in [0.25, 0.3) is 10.8 Å². The quantitative estimate of drug-likeness (QED) is 0.165. The largest absolute Gasteiger partial charge is 0.485 e. The number of ether oxygens (including phenoxy) is 3. The molecule has 3 rings (SSSR count). The lowest BCUT2D eigenvalue weighted by atomic mass is 10.0. The van der Waals surface area contributed by atoms with Crippen molar-refractivity contribution >= 4 is 22.5 Å². The van der Waals surface area contributed by atoms with Gasteiger partial charge in [-0.3, -0.25) is 4.79 Å². The number of fused-ring (bicyclic) bond motifs is 1. The molecule has 0 radical (unpaired) electrons. The van der Waals surface area contributed by atoms with E-state index in [1.54, 1.807) is 12.1 Å². The Morgan fingerprint density at radius 2 is 1.53 bits per heavy atom. The molecule has 0 unspecified atom stereocenters. The summed E-state index contributed by atoms with van der Waals surface area (Å²) >= 11 is 0. The van der Waals surface area contributed by atoms with Crippen molar-refractivity contribution in [3.8, 4) is 17.6 Å². The van der Waals surface area contributed by atoms with Gasteiger partial charge in [-0.2, -0.15) is 0 Å². The SMILES string of the molecule is C=CC(=O)COc1ccc(C#Cc2ccc3cc(COCOC(=O)C=C)ccc3c2)cc1.